The molecular weight excluding hydrogens is 242 g/mol. The highest BCUT2D eigenvalue weighted by Crippen LogP contribution is 2.18. The number of aromatic nitrogens is 2. The smallest absolute Gasteiger partial charge is 0.243 e. The summed E-state index contributed by atoms with van der Waals surface area (Å²) in [5.41, 5.74) is 0. The second-order valence-electron chi connectivity index (χ2n) is 3.61. The van der Waals surface area contributed by atoms with Crippen molar-refractivity contribution in [2.45, 2.75) is 26.3 Å². The molecule has 1 N–H and O–H groups in total. The number of halogens is 1. The molecular formula is C11H16ClN3O2. The van der Waals surface area contributed by atoms with Gasteiger partial charge in [0.2, 0.25) is 11.7 Å². The molecule has 0 fully saturated rings. The van der Waals surface area contributed by atoms with E-state index < -0.39 is 0 Å². The van der Waals surface area contributed by atoms with Gasteiger partial charge >= 0.3 is 0 Å². The number of nitrogens with zero attached hydrogens (tertiary/aromatic N) is 2. The van der Waals surface area contributed by atoms with Gasteiger partial charge in [-0.1, -0.05) is 12.1 Å². The van der Waals surface area contributed by atoms with Gasteiger partial charge in [0.15, 0.2) is 5.76 Å². The van der Waals surface area contributed by atoms with Gasteiger partial charge in [-0.3, -0.25) is 0 Å². The molecule has 2 aromatic rings. The molecule has 2 aromatic heterocycles. The van der Waals surface area contributed by atoms with Crippen molar-refractivity contribution in [1.29, 1.82) is 0 Å². The summed E-state index contributed by atoms with van der Waals surface area (Å²) in [7, 11) is 0. The van der Waals surface area contributed by atoms with Crippen molar-refractivity contribution in [3.8, 4) is 11.6 Å². The highest BCUT2D eigenvalue weighted by atomic mass is 35.5. The summed E-state index contributed by atoms with van der Waals surface area (Å²) in [6, 6.07) is 3.67. The molecule has 0 aliphatic heterocycles. The van der Waals surface area contributed by atoms with Gasteiger partial charge < -0.3 is 14.3 Å². The Labute approximate surface area is 106 Å². The van der Waals surface area contributed by atoms with Crippen molar-refractivity contribution in [3.63, 3.8) is 0 Å². The molecule has 0 aromatic carbocycles. The van der Waals surface area contributed by atoms with E-state index in [-0.39, 0.29) is 18.4 Å². The Morgan fingerprint density at radius 3 is 2.94 bits per heavy atom. The van der Waals surface area contributed by atoms with Crippen LogP contribution in [0.2, 0.25) is 0 Å². The van der Waals surface area contributed by atoms with E-state index in [4.69, 9.17) is 8.94 Å². The van der Waals surface area contributed by atoms with Gasteiger partial charge in [0.1, 0.15) is 0 Å². The highest BCUT2D eigenvalue weighted by molar-refractivity contribution is 5.85. The van der Waals surface area contributed by atoms with Crippen LogP contribution in [0.4, 0.5) is 0 Å². The summed E-state index contributed by atoms with van der Waals surface area (Å²) < 4.78 is 10.4. The SMILES string of the molecule is CCCNC(C)c1nc(-c2ccco2)no1.Cl. The molecule has 0 bridgehead atoms. The predicted molar refractivity (Wildman–Crippen MR) is 66.0 cm³/mol. The molecule has 0 radical (unpaired) electrons. The van der Waals surface area contributed by atoms with Crippen molar-refractivity contribution in [1.82, 2.24) is 15.5 Å². The van der Waals surface area contributed by atoms with Gasteiger partial charge in [0.05, 0.1) is 12.3 Å². The monoisotopic (exact) mass is 257 g/mol. The van der Waals surface area contributed by atoms with Crippen LogP contribution >= 0.6 is 12.4 Å². The molecule has 0 aliphatic rings. The van der Waals surface area contributed by atoms with Crippen molar-refractivity contribution in [2.75, 3.05) is 6.54 Å². The average Bonchev–Trinajstić information content (AvgIpc) is 2.94. The van der Waals surface area contributed by atoms with Gasteiger partial charge in [-0.2, -0.15) is 4.98 Å². The maximum Gasteiger partial charge on any atom is 0.243 e. The zero-order chi connectivity index (χ0) is 11.4. The minimum Gasteiger partial charge on any atom is -0.461 e. The van der Waals surface area contributed by atoms with Crippen molar-refractivity contribution in [3.05, 3.63) is 24.3 Å². The van der Waals surface area contributed by atoms with Crippen molar-refractivity contribution < 1.29 is 8.94 Å². The third kappa shape index (κ3) is 3.31. The molecule has 1 atom stereocenters. The first-order valence-corrected chi connectivity index (χ1v) is 5.42. The van der Waals surface area contributed by atoms with Crippen LogP contribution < -0.4 is 5.32 Å². The second kappa shape index (κ2) is 6.42. The molecule has 94 valence electrons. The van der Waals surface area contributed by atoms with Crippen LogP contribution in [0.3, 0.4) is 0 Å². The molecule has 0 spiro atoms. The summed E-state index contributed by atoms with van der Waals surface area (Å²) in [5.74, 6) is 1.70. The topological polar surface area (TPSA) is 64.1 Å². The Morgan fingerprint density at radius 2 is 2.29 bits per heavy atom. The van der Waals surface area contributed by atoms with E-state index in [1.807, 2.05) is 6.92 Å². The van der Waals surface area contributed by atoms with Crippen LogP contribution in [-0.4, -0.2) is 16.7 Å². The zero-order valence-electron chi connectivity index (χ0n) is 9.84. The van der Waals surface area contributed by atoms with E-state index in [1.54, 1.807) is 18.4 Å². The lowest BCUT2D eigenvalue weighted by molar-refractivity contribution is 0.339. The fourth-order valence-electron chi connectivity index (χ4n) is 1.37. The number of hydrogen-bond donors (Lipinski definition) is 1. The van der Waals surface area contributed by atoms with Crippen molar-refractivity contribution in [2.24, 2.45) is 0 Å². The number of nitrogens with one attached hydrogen (secondary N) is 1. The Bertz CT molecular complexity index is 428. The Hall–Kier alpha value is -1.33. The largest absolute Gasteiger partial charge is 0.461 e. The van der Waals surface area contributed by atoms with Crippen LogP contribution in [0.15, 0.2) is 27.3 Å². The van der Waals surface area contributed by atoms with Crippen molar-refractivity contribution >= 4 is 12.4 Å². The fourth-order valence-corrected chi connectivity index (χ4v) is 1.37. The van der Waals surface area contributed by atoms with Gasteiger partial charge in [-0.15, -0.1) is 12.4 Å². The van der Waals surface area contributed by atoms with Gasteiger partial charge in [0, 0.05) is 0 Å². The first-order chi connectivity index (χ1) is 7.81. The van der Waals surface area contributed by atoms with Gasteiger partial charge in [-0.05, 0) is 32.0 Å². The molecule has 1 unspecified atom stereocenters. The highest BCUT2D eigenvalue weighted by Gasteiger charge is 2.15. The summed E-state index contributed by atoms with van der Waals surface area (Å²) in [6.45, 7) is 5.04. The summed E-state index contributed by atoms with van der Waals surface area (Å²) in [5, 5.41) is 7.15. The fraction of sp³-hybridized carbons (Fsp3) is 0.455. The molecule has 0 saturated heterocycles. The Morgan fingerprint density at radius 1 is 1.47 bits per heavy atom. The van der Waals surface area contributed by atoms with E-state index in [0.29, 0.717) is 17.5 Å². The standard InChI is InChI=1S/C11H15N3O2.ClH/c1-3-6-12-8(2)11-13-10(14-16-11)9-5-4-7-15-9;/h4-5,7-8,12H,3,6H2,1-2H3;1H. The molecule has 0 amide bonds. The normalized spacial score (nSPS) is 12.1. The van der Waals surface area contributed by atoms with Gasteiger partial charge in [-0.25, -0.2) is 0 Å². The van der Waals surface area contributed by atoms with E-state index in [0.717, 1.165) is 13.0 Å². The molecule has 6 heteroatoms. The van der Waals surface area contributed by atoms with Gasteiger partial charge in [0.25, 0.3) is 0 Å². The van der Waals surface area contributed by atoms with E-state index in [1.165, 1.54) is 0 Å². The molecule has 5 nitrogen and oxygen atoms in total. The lowest BCUT2D eigenvalue weighted by atomic mass is 10.3. The second-order valence-corrected chi connectivity index (χ2v) is 3.61. The number of rotatable bonds is 5. The Balaban J connectivity index is 0.00000144. The summed E-state index contributed by atoms with van der Waals surface area (Å²) in [6.07, 6.45) is 2.66. The molecule has 0 aliphatic carbocycles. The lowest BCUT2D eigenvalue weighted by Crippen LogP contribution is -2.19. The first-order valence-electron chi connectivity index (χ1n) is 5.42. The van der Waals surface area contributed by atoms with E-state index >= 15 is 0 Å². The molecule has 17 heavy (non-hydrogen) atoms. The lowest BCUT2D eigenvalue weighted by Gasteiger charge is -2.06. The minimum atomic E-state index is 0. The maximum atomic E-state index is 5.19. The third-order valence-electron chi connectivity index (χ3n) is 2.25. The number of furan rings is 1. The van der Waals surface area contributed by atoms with Crippen LogP contribution in [0, 0.1) is 0 Å². The summed E-state index contributed by atoms with van der Waals surface area (Å²) >= 11 is 0. The quantitative estimate of drug-likeness (QED) is 0.892. The van der Waals surface area contributed by atoms with Crippen LogP contribution in [-0.2, 0) is 0 Å². The molecule has 0 saturated carbocycles. The minimum absolute atomic E-state index is 0. The third-order valence-corrected chi connectivity index (χ3v) is 2.25. The zero-order valence-corrected chi connectivity index (χ0v) is 10.7. The van der Waals surface area contributed by atoms with Crippen LogP contribution in [0.5, 0.6) is 0 Å². The maximum absolute atomic E-state index is 5.19. The van der Waals surface area contributed by atoms with E-state index in [9.17, 15) is 0 Å². The summed E-state index contributed by atoms with van der Waals surface area (Å²) in [4.78, 5) is 4.27. The Kier molecular flexibility index (Phi) is 5.18. The van der Waals surface area contributed by atoms with Crippen LogP contribution in [0.1, 0.15) is 32.2 Å². The predicted octanol–water partition coefficient (Wildman–Crippen LogP) is 2.81. The molecule has 2 rings (SSSR count). The number of hydrogen-bond acceptors (Lipinski definition) is 5. The van der Waals surface area contributed by atoms with Crippen LogP contribution in [0.25, 0.3) is 11.6 Å². The average molecular weight is 258 g/mol. The molecule has 2 heterocycles. The van der Waals surface area contributed by atoms with E-state index in [2.05, 4.69) is 22.4 Å². The first kappa shape index (κ1) is 13.7.